The minimum atomic E-state index is 0.483. The number of nitrogen functional groups attached to an aromatic ring is 1. The second-order valence-corrected chi connectivity index (χ2v) is 6.64. The van der Waals surface area contributed by atoms with E-state index in [0.29, 0.717) is 24.6 Å². The number of pyridine rings is 1. The molecule has 9 nitrogen and oxygen atoms in total. The van der Waals surface area contributed by atoms with Crippen LogP contribution < -0.4 is 22.1 Å². The zero-order valence-corrected chi connectivity index (χ0v) is 15.0. The molecule has 1 aliphatic heterocycles. The lowest BCUT2D eigenvalue weighted by Crippen LogP contribution is -2.19. The highest BCUT2D eigenvalue weighted by molar-refractivity contribution is 5.74. The molecule has 0 unspecified atom stereocenters. The summed E-state index contributed by atoms with van der Waals surface area (Å²) in [7, 11) is 0. The Hall–Kier alpha value is -3.85. The standard InChI is InChI=1S/C19H19N9/c20-17-9-15(18-19(23-17)25-26-24-18)8-14-10-22-27(12-14)11-13-2-4-16(5-3-13)28-7-1-6-21-28/h1-7,9-10,12,24,26H,8,11H2,(H3,20,23,25). The summed E-state index contributed by atoms with van der Waals surface area (Å²) in [5.74, 6) is 1.19. The van der Waals surface area contributed by atoms with Gasteiger partial charge in [0.2, 0.25) is 0 Å². The van der Waals surface area contributed by atoms with Crippen LogP contribution in [0, 0.1) is 0 Å². The van der Waals surface area contributed by atoms with E-state index in [1.165, 1.54) is 5.56 Å². The molecule has 0 amide bonds. The van der Waals surface area contributed by atoms with Crippen LogP contribution in [0.25, 0.3) is 5.69 Å². The number of fused-ring (bicyclic) bond motifs is 1. The number of anilines is 3. The molecule has 140 valence electrons. The van der Waals surface area contributed by atoms with Gasteiger partial charge in [-0.15, -0.1) is 5.53 Å². The van der Waals surface area contributed by atoms with Crippen molar-refractivity contribution in [1.82, 2.24) is 30.1 Å². The van der Waals surface area contributed by atoms with E-state index in [-0.39, 0.29) is 0 Å². The van der Waals surface area contributed by atoms with Crippen molar-refractivity contribution in [2.24, 2.45) is 0 Å². The van der Waals surface area contributed by atoms with Gasteiger partial charge in [-0.3, -0.25) is 10.1 Å². The number of hydrogen-bond donors (Lipinski definition) is 4. The molecule has 1 aromatic carbocycles. The van der Waals surface area contributed by atoms with Gasteiger partial charge in [-0.1, -0.05) is 12.1 Å². The van der Waals surface area contributed by atoms with E-state index < -0.39 is 0 Å². The first-order valence-corrected chi connectivity index (χ1v) is 8.91. The lowest BCUT2D eigenvalue weighted by atomic mass is 10.1. The molecule has 28 heavy (non-hydrogen) atoms. The third-order valence-corrected chi connectivity index (χ3v) is 4.62. The summed E-state index contributed by atoms with van der Waals surface area (Å²) in [4.78, 5) is 4.26. The summed E-state index contributed by atoms with van der Waals surface area (Å²) < 4.78 is 3.78. The van der Waals surface area contributed by atoms with Gasteiger partial charge >= 0.3 is 0 Å². The zero-order valence-electron chi connectivity index (χ0n) is 15.0. The molecule has 9 heteroatoms. The zero-order chi connectivity index (χ0) is 18.9. The van der Waals surface area contributed by atoms with Crippen LogP contribution in [0.1, 0.15) is 16.7 Å². The Kier molecular flexibility index (Phi) is 3.91. The quantitative estimate of drug-likeness (QED) is 0.423. The Morgan fingerprint density at radius 2 is 1.93 bits per heavy atom. The molecule has 0 saturated heterocycles. The Bertz CT molecular complexity index is 1100. The lowest BCUT2D eigenvalue weighted by Gasteiger charge is -2.07. The number of nitrogens with zero attached hydrogens (tertiary/aromatic N) is 5. The molecule has 3 aromatic heterocycles. The molecule has 4 aromatic rings. The molecule has 0 atom stereocenters. The molecule has 0 bridgehead atoms. The van der Waals surface area contributed by atoms with Crippen LogP contribution in [0.4, 0.5) is 17.3 Å². The minimum absolute atomic E-state index is 0.483. The SMILES string of the molecule is Nc1cc(Cc2cnn(Cc3ccc(-n4cccn4)cc3)c2)c2c(n1)NNN2. The number of rotatable bonds is 5. The van der Waals surface area contributed by atoms with Crippen LogP contribution in [-0.2, 0) is 13.0 Å². The fourth-order valence-corrected chi connectivity index (χ4v) is 3.31. The number of nitrogens with one attached hydrogen (secondary N) is 3. The molecule has 1 aliphatic rings. The first kappa shape index (κ1) is 16.3. The van der Waals surface area contributed by atoms with Gasteiger partial charge < -0.3 is 11.2 Å². The number of benzene rings is 1. The average molecular weight is 373 g/mol. The van der Waals surface area contributed by atoms with Gasteiger partial charge in [0.05, 0.1) is 24.1 Å². The Morgan fingerprint density at radius 1 is 1.04 bits per heavy atom. The van der Waals surface area contributed by atoms with Crippen LogP contribution in [0.15, 0.2) is 61.2 Å². The van der Waals surface area contributed by atoms with Crippen molar-refractivity contribution in [2.75, 3.05) is 16.6 Å². The number of nitrogens with two attached hydrogens (primary N) is 1. The molecule has 0 radical (unpaired) electrons. The monoisotopic (exact) mass is 373 g/mol. The summed E-state index contributed by atoms with van der Waals surface area (Å²) in [5.41, 5.74) is 20.1. The van der Waals surface area contributed by atoms with Crippen LogP contribution in [0.5, 0.6) is 0 Å². The Labute approximate surface area is 161 Å². The van der Waals surface area contributed by atoms with Crippen molar-refractivity contribution in [1.29, 1.82) is 0 Å². The molecule has 0 fully saturated rings. The second kappa shape index (κ2) is 6.71. The number of hydrogen-bond acceptors (Lipinski definition) is 7. The van der Waals surface area contributed by atoms with Gasteiger partial charge in [0.15, 0.2) is 5.82 Å². The molecule has 4 heterocycles. The van der Waals surface area contributed by atoms with E-state index in [1.54, 1.807) is 6.20 Å². The van der Waals surface area contributed by atoms with Crippen molar-refractivity contribution >= 4 is 17.3 Å². The van der Waals surface area contributed by atoms with Crippen LogP contribution in [0.2, 0.25) is 0 Å². The van der Waals surface area contributed by atoms with E-state index in [2.05, 4.69) is 62.0 Å². The fraction of sp³-hybridized carbons (Fsp3) is 0.105. The summed E-state index contributed by atoms with van der Waals surface area (Å²) in [5, 5.41) is 8.74. The fourth-order valence-electron chi connectivity index (χ4n) is 3.31. The van der Waals surface area contributed by atoms with Gasteiger partial charge in [0, 0.05) is 25.0 Å². The molecule has 5 rings (SSSR count). The maximum absolute atomic E-state index is 5.91. The van der Waals surface area contributed by atoms with E-state index >= 15 is 0 Å². The molecular weight excluding hydrogens is 354 g/mol. The van der Waals surface area contributed by atoms with Crippen LogP contribution in [0.3, 0.4) is 0 Å². The van der Waals surface area contributed by atoms with E-state index in [0.717, 1.165) is 22.5 Å². The number of aromatic nitrogens is 5. The molecule has 0 spiro atoms. The highest BCUT2D eigenvalue weighted by Gasteiger charge is 2.17. The summed E-state index contributed by atoms with van der Waals surface area (Å²) in [6.07, 6.45) is 8.35. The van der Waals surface area contributed by atoms with Crippen molar-refractivity contribution in [3.8, 4) is 5.69 Å². The smallest absolute Gasteiger partial charge is 0.169 e. The van der Waals surface area contributed by atoms with E-state index in [9.17, 15) is 0 Å². The van der Waals surface area contributed by atoms with Crippen LogP contribution >= 0.6 is 0 Å². The normalized spacial score (nSPS) is 12.4. The van der Waals surface area contributed by atoms with Gasteiger partial charge in [-0.2, -0.15) is 10.2 Å². The molecule has 5 N–H and O–H groups in total. The Morgan fingerprint density at radius 3 is 2.75 bits per heavy atom. The third-order valence-electron chi connectivity index (χ3n) is 4.62. The third kappa shape index (κ3) is 3.14. The maximum Gasteiger partial charge on any atom is 0.169 e. The molecule has 0 aliphatic carbocycles. The van der Waals surface area contributed by atoms with Gasteiger partial charge in [0.1, 0.15) is 5.82 Å². The molecule has 0 saturated carbocycles. The minimum Gasteiger partial charge on any atom is -0.384 e. The van der Waals surface area contributed by atoms with E-state index in [1.807, 2.05) is 33.9 Å². The summed E-state index contributed by atoms with van der Waals surface area (Å²) in [6.45, 7) is 0.706. The largest absolute Gasteiger partial charge is 0.384 e. The Balaban J connectivity index is 1.31. The second-order valence-electron chi connectivity index (χ2n) is 6.64. The van der Waals surface area contributed by atoms with Crippen molar-refractivity contribution in [3.63, 3.8) is 0 Å². The van der Waals surface area contributed by atoms with Gasteiger partial charge in [-0.25, -0.2) is 9.67 Å². The molecular formula is C19H19N9. The first-order chi connectivity index (χ1) is 13.7. The highest BCUT2D eigenvalue weighted by atomic mass is 15.6. The summed E-state index contributed by atoms with van der Waals surface area (Å²) >= 11 is 0. The van der Waals surface area contributed by atoms with Crippen molar-refractivity contribution < 1.29 is 0 Å². The summed E-state index contributed by atoms with van der Waals surface area (Å²) in [6, 6.07) is 12.1. The predicted molar refractivity (Wildman–Crippen MR) is 107 cm³/mol. The first-order valence-electron chi connectivity index (χ1n) is 8.91. The predicted octanol–water partition coefficient (Wildman–Crippen LogP) is 1.94. The maximum atomic E-state index is 5.91. The average Bonchev–Trinajstić information content (AvgIpc) is 3.44. The van der Waals surface area contributed by atoms with Crippen LogP contribution in [-0.4, -0.2) is 24.5 Å². The van der Waals surface area contributed by atoms with Crippen molar-refractivity contribution in [2.45, 2.75) is 13.0 Å². The highest BCUT2D eigenvalue weighted by Crippen LogP contribution is 2.30. The topological polar surface area (TPSA) is 111 Å². The van der Waals surface area contributed by atoms with E-state index in [4.69, 9.17) is 5.73 Å². The van der Waals surface area contributed by atoms with Crippen molar-refractivity contribution in [3.05, 3.63) is 77.9 Å². The lowest BCUT2D eigenvalue weighted by molar-refractivity contribution is 0.686. The van der Waals surface area contributed by atoms with Gasteiger partial charge in [0.25, 0.3) is 0 Å². The van der Waals surface area contributed by atoms with Gasteiger partial charge in [-0.05, 0) is 41.0 Å². The number of hydrazine groups is 2.